The summed E-state index contributed by atoms with van der Waals surface area (Å²) in [5.74, 6) is 1.37. The highest BCUT2D eigenvalue weighted by Gasteiger charge is 2.48. The summed E-state index contributed by atoms with van der Waals surface area (Å²) in [6.07, 6.45) is 6.91. The lowest BCUT2D eigenvalue weighted by molar-refractivity contribution is -0.134. The van der Waals surface area contributed by atoms with Crippen molar-refractivity contribution in [3.05, 3.63) is 54.1 Å². The van der Waals surface area contributed by atoms with Crippen LogP contribution in [0.25, 0.3) is 11.3 Å². The van der Waals surface area contributed by atoms with E-state index in [1.54, 1.807) is 48.3 Å². The molecule has 0 saturated heterocycles. The Balaban J connectivity index is 1.50. The second-order valence-electron chi connectivity index (χ2n) is 9.70. The summed E-state index contributed by atoms with van der Waals surface area (Å²) in [7, 11) is 3.16. The SMILES string of the molecule is COc1ccc(-c2cc3n(n2)CC(C)(C(=O)NC2CCCCC2)N(Cc2ccco2)C3=O)cc1OC. The Bertz CT molecular complexity index is 1250. The van der Waals surface area contributed by atoms with Gasteiger partial charge in [0.2, 0.25) is 5.91 Å². The standard InChI is InChI=1S/C27H32N4O5/c1-27(26(33)28-19-8-5-4-6-9-19)17-31-22(25(32)30(27)16-20-10-7-13-36-20)15-21(29-31)18-11-12-23(34-2)24(14-18)35-3/h7,10-15,19H,4-6,8-9,16-17H2,1-3H3,(H,28,33). The Labute approximate surface area is 210 Å². The largest absolute Gasteiger partial charge is 0.493 e. The van der Waals surface area contributed by atoms with Crippen LogP contribution in [0.3, 0.4) is 0 Å². The van der Waals surface area contributed by atoms with Crippen LogP contribution >= 0.6 is 0 Å². The number of fused-ring (bicyclic) bond motifs is 1. The summed E-state index contributed by atoms with van der Waals surface area (Å²) in [5.41, 5.74) is 0.701. The second-order valence-corrected chi connectivity index (χ2v) is 9.70. The molecule has 0 radical (unpaired) electrons. The molecule has 2 aliphatic rings. The fourth-order valence-electron chi connectivity index (χ4n) is 5.17. The Kier molecular flexibility index (Phi) is 6.47. The van der Waals surface area contributed by atoms with E-state index in [4.69, 9.17) is 19.0 Å². The van der Waals surface area contributed by atoms with E-state index in [2.05, 4.69) is 5.32 Å². The van der Waals surface area contributed by atoms with E-state index in [-0.39, 0.29) is 30.9 Å². The quantitative estimate of drug-likeness (QED) is 0.535. The van der Waals surface area contributed by atoms with Crippen LogP contribution in [0.5, 0.6) is 11.5 Å². The fraction of sp³-hybridized carbons (Fsp3) is 0.444. The Morgan fingerprint density at radius 1 is 1.14 bits per heavy atom. The summed E-state index contributed by atoms with van der Waals surface area (Å²) in [5, 5.41) is 7.95. The van der Waals surface area contributed by atoms with Gasteiger partial charge < -0.3 is 24.1 Å². The Morgan fingerprint density at radius 2 is 1.92 bits per heavy atom. The zero-order chi connectivity index (χ0) is 25.3. The van der Waals surface area contributed by atoms with Crippen LogP contribution in [0.4, 0.5) is 0 Å². The first-order chi connectivity index (χ1) is 17.4. The topological polar surface area (TPSA) is 98.8 Å². The van der Waals surface area contributed by atoms with Crippen molar-refractivity contribution in [1.29, 1.82) is 0 Å². The number of furan rings is 1. The molecule has 1 atom stereocenters. The van der Waals surface area contributed by atoms with E-state index in [1.165, 1.54) is 6.42 Å². The number of ether oxygens (including phenoxy) is 2. The first-order valence-corrected chi connectivity index (χ1v) is 12.4. The van der Waals surface area contributed by atoms with Crippen molar-refractivity contribution in [3.63, 3.8) is 0 Å². The van der Waals surface area contributed by atoms with Gasteiger partial charge in [-0.2, -0.15) is 5.10 Å². The van der Waals surface area contributed by atoms with Crippen molar-refractivity contribution in [3.8, 4) is 22.8 Å². The van der Waals surface area contributed by atoms with Gasteiger partial charge in [0.25, 0.3) is 5.91 Å². The molecule has 2 amide bonds. The summed E-state index contributed by atoms with van der Waals surface area (Å²) in [6, 6.07) is 11.0. The van der Waals surface area contributed by atoms with Gasteiger partial charge in [-0.25, -0.2) is 0 Å². The smallest absolute Gasteiger partial charge is 0.273 e. The number of aromatic nitrogens is 2. The van der Waals surface area contributed by atoms with Crippen LogP contribution in [-0.4, -0.2) is 52.3 Å². The average molecular weight is 493 g/mol. The third kappa shape index (κ3) is 4.34. The van der Waals surface area contributed by atoms with Gasteiger partial charge >= 0.3 is 0 Å². The molecule has 3 heterocycles. The van der Waals surface area contributed by atoms with Gasteiger partial charge in [0, 0.05) is 11.6 Å². The molecule has 1 saturated carbocycles. The van der Waals surface area contributed by atoms with Gasteiger partial charge in [0.1, 0.15) is 17.0 Å². The molecule has 36 heavy (non-hydrogen) atoms. The van der Waals surface area contributed by atoms with Crippen molar-refractivity contribution in [2.24, 2.45) is 0 Å². The molecular weight excluding hydrogens is 460 g/mol. The number of carbonyl (C=O) groups is 2. The van der Waals surface area contributed by atoms with Crippen molar-refractivity contribution >= 4 is 11.8 Å². The molecule has 0 bridgehead atoms. The molecular formula is C27H32N4O5. The lowest BCUT2D eigenvalue weighted by atomic mass is 9.91. The van der Waals surface area contributed by atoms with E-state index >= 15 is 0 Å². The number of nitrogens with zero attached hydrogens (tertiary/aromatic N) is 3. The van der Waals surface area contributed by atoms with Gasteiger partial charge in [-0.05, 0) is 56.2 Å². The number of hydrogen-bond donors (Lipinski definition) is 1. The maximum absolute atomic E-state index is 13.8. The van der Waals surface area contributed by atoms with Gasteiger partial charge in [-0.3, -0.25) is 14.3 Å². The van der Waals surface area contributed by atoms with Crippen LogP contribution in [0.15, 0.2) is 47.1 Å². The molecule has 1 N–H and O–H groups in total. The van der Waals surface area contributed by atoms with Crippen LogP contribution in [0.1, 0.15) is 55.3 Å². The number of hydrogen-bond acceptors (Lipinski definition) is 6. The van der Waals surface area contributed by atoms with Crippen molar-refractivity contribution in [2.45, 2.75) is 63.7 Å². The minimum absolute atomic E-state index is 0.130. The van der Waals surface area contributed by atoms with Crippen LogP contribution in [0, 0.1) is 0 Å². The number of benzene rings is 1. The van der Waals surface area contributed by atoms with Crippen LogP contribution in [0.2, 0.25) is 0 Å². The molecule has 0 spiro atoms. The highest BCUT2D eigenvalue weighted by Crippen LogP contribution is 2.35. The molecule has 1 aromatic carbocycles. The van der Waals surface area contributed by atoms with E-state index in [0.29, 0.717) is 28.6 Å². The molecule has 9 nitrogen and oxygen atoms in total. The monoisotopic (exact) mass is 492 g/mol. The minimum atomic E-state index is -1.13. The molecule has 1 fully saturated rings. The minimum Gasteiger partial charge on any atom is -0.493 e. The van der Waals surface area contributed by atoms with E-state index in [0.717, 1.165) is 31.2 Å². The second kappa shape index (κ2) is 9.72. The number of methoxy groups -OCH3 is 2. The summed E-state index contributed by atoms with van der Waals surface area (Å²) in [4.78, 5) is 29.1. The lowest BCUT2D eigenvalue weighted by Gasteiger charge is -2.43. The maximum atomic E-state index is 13.8. The third-order valence-electron chi connectivity index (χ3n) is 7.30. The predicted octanol–water partition coefficient (Wildman–Crippen LogP) is 4.02. The molecule has 1 unspecified atom stereocenters. The van der Waals surface area contributed by atoms with E-state index < -0.39 is 5.54 Å². The van der Waals surface area contributed by atoms with Gasteiger partial charge in [0.05, 0.1) is 39.3 Å². The van der Waals surface area contributed by atoms with Crippen LogP contribution < -0.4 is 14.8 Å². The lowest BCUT2D eigenvalue weighted by Crippen LogP contribution is -2.64. The highest BCUT2D eigenvalue weighted by atomic mass is 16.5. The van der Waals surface area contributed by atoms with Gasteiger partial charge in [-0.15, -0.1) is 0 Å². The fourth-order valence-corrected chi connectivity index (χ4v) is 5.17. The Hall–Kier alpha value is -3.75. The number of nitrogens with one attached hydrogen (secondary N) is 1. The molecule has 1 aliphatic heterocycles. The maximum Gasteiger partial charge on any atom is 0.273 e. The number of carbonyl (C=O) groups excluding carboxylic acids is 2. The highest BCUT2D eigenvalue weighted by molar-refractivity contribution is 6.00. The third-order valence-corrected chi connectivity index (χ3v) is 7.30. The number of amides is 2. The molecule has 3 aromatic rings. The molecule has 5 rings (SSSR count). The zero-order valence-corrected chi connectivity index (χ0v) is 21.0. The first kappa shape index (κ1) is 24.0. The van der Waals surface area contributed by atoms with E-state index in [9.17, 15) is 9.59 Å². The summed E-state index contributed by atoms with van der Waals surface area (Å²) in [6.45, 7) is 2.24. The first-order valence-electron chi connectivity index (χ1n) is 12.4. The average Bonchev–Trinajstić information content (AvgIpc) is 3.57. The molecule has 2 aromatic heterocycles. The Morgan fingerprint density at radius 3 is 2.61 bits per heavy atom. The summed E-state index contributed by atoms with van der Waals surface area (Å²) < 4.78 is 18.0. The van der Waals surface area contributed by atoms with E-state index in [1.807, 2.05) is 25.1 Å². The zero-order valence-electron chi connectivity index (χ0n) is 21.0. The van der Waals surface area contributed by atoms with Crippen molar-refractivity contribution < 1.29 is 23.5 Å². The number of rotatable bonds is 7. The molecule has 9 heteroatoms. The summed E-state index contributed by atoms with van der Waals surface area (Å²) >= 11 is 0. The van der Waals surface area contributed by atoms with Crippen molar-refractivity contribution in [2.75, 3.05) is 14.2 Å². The predicted molar refractivity (Wildman–Crippen MR) is 133 cm³/mol. The molecule has 190 valence electrons. The van der Waals surface area contributed by atoms with Crippen LogP contribution in [-0.2, 0) is 17.9 Å². The van der Waals surface area contributed by atoms with Gasteiger partial charge in [-0.1, -0.05) is 19.3 Å². The normalized spacial score (nSPS) is 20.2. The van der Waals surface area contributed by atoms with Gasteiger partial charge in [0.15, 0.2) is 11.5 Å². The molecule has 1 aliphatic carbocycles. The van der Waals surface area contributed by atoms with Crippen molar-refractivity contribution in [1.82, 2.24) is 20.0 Å².